The van der Waals surface area contributed by atoms with Crippen molar-refractivity contribution < 1.29 is 4.74 Å². The summed E-state index contributed by atoms with van der Waals surface area (Å²) in [5, 5.41) is 7.55. The summed E-state index contributed by atoms with van der Waals surface area (Å²) >= 11 is 6.12. The molecule has 0 saturated carbocycles. The second kappa shape index (κ2) is 5.92. The van der Waals surface area contributed by atoms with Crippen molar-refractivity contribution in [3.63, 3.8) is 0 Å². The highest BCUT2D eigenvalue weighted by Gasteiger charge is 2.23. The lowest BCUT2D eigenvalue weighted by Crippen LogP contribution is -2.32. The molecule has 1 N–H and O–H groups in total. The second-order valence-corrected chi connectivity index (χ2v) is 5.58. The minimum Gasteiger partial charge on any atom is -0.377 e. The Bertz CT molecular complexity index is 495. The quantitative estimate of drug-likeness (QED) is 0.923. The standard InChI is InChI=1S/C13H20ClN3O2/c1-8(2)17-13(18)12(14)10(7-15-17)16-9(3)11-5-4-6-19-11/h7-9,11,16H,4-6H2,1-3H3. The normalized spacial score (nSPS) is 20.8. The Labute approximate surface area is 117 Å². The van der Waals surface area contributed by atoms with Gasteiger partial charge < -0.3 is 10.1 Å². The molecule has 19 heavy (non-hydrogen) atoms. The van der Waals surface area contributed by atoms with E-state index in [4.69, 9.17) is 16.3 Å². The molecule has 1 aliphatic rings. The lowest BCUT2D eigenvalue weighted by Gasteiger charge is -2.21. The molecule has 0 radical (unpaired) electrons. The first kappa shape index (κ1) is 14.3. The number of hydrogen-bond donors (Lipinski definition) is 1. The number of rotatable bonds is 4. The van der Waals surface area contributed by atoms with Crippen molar-refractivity contribution in [1.29, 1.82) is 0 Å². The molecule has 1 fully saturated rings. The molecule has 1 aliphatic heterocycles. The van der Waals surface area contributed by atoms with Gasteiger partial charge in [-0.1, -0.05) is 11.6 Å². The summed E-state index contributed by atoms with van der Waals surface area (Å²) in [5.41, 5.74) is 0.313. The molecule has 1 aromatic heterocycles. The molecule has 0 aliphatic carbocycles. The number of halogens is 1. The lowest BCUT2D eigenvalue weighted by atomic mass is 10.1. The SMILES string of the molecule is CC(Nc1cnn(C(C)C)c(=O)c1Cl)C1CCCO1. The fourth-order valence-electron chi connectivity index (χ4n) is 2.25. The minimum absolute atomic E-state index is 0.00496. The van der Waals surface area contributed by atoms with Gasteiger partial charge in [-0.2, -0.15) is 5.10 Å². The molecule has 2 unspecified atom stereocenters. The Morgan fingerprint density at radius 1 is 1.53 bits per heavy atom. The molecule has 0 bridgehead atoms. The van der Waals surface area contributed by atoms with Crippen LogP contribution in [0.2, 0.25) is 5.02 Å². The van der Waals surface area contributed by atoms with Gasteiger partial charge in [-0.25, -0.2) is 4.68 Å². The molecule has 0 spiro atoms. The van der Waals surface area contributed by atoms with E-state index in [9.17, 15) is 4.79 Å². The van der Waals surface area contributed by atoms with Crippen molar-refractivity contribution in [2.45, 2.75) is 51.8 Å². The predicted molar refractivity (Wildman–Crippen MR) is 76.0 cm³/mol. The Morgan fingerprint density at radius 2 is 2.26 bits per heavy atom. The van der Waals surface area contributed by atoms with Gasteiger partial charge in [0, 0.05) is 12.6 Å². The Balaban J connectivity index is 2.17. The van der Waals surface area contributed by atoms with Crippen LogP contribution in [-0.2, 0) is 4.74 Å². The summed E-state index contributed by atoms with van der Waals surface area (Å²) in [6.07, 6.45) is 3.89. The third-order valence-electron chi connectivity index (χ3n) is 3.34. The number of hydrogen-bond acceptors (Lipinski definition) is 4. The molecule has 0 aromatic carbocycles. The topological polar surface area (TPSA) is 56.2 Å². The van der Waals surface area contributed by atoms with Gasteiger partial charge in [0.05, 0.1) is 24.0 Å². The van der Waals surface area contributed by atoms with E-state index in [1.54, 1.807) is 6.20 Å². The van der Waals surface area contributed by atoms with Crippen LogP contribution in [0.25, 0.3) is 0 Å². The maximum Gasteiger partial charge on any atom is 0.287 e. The van der Waals surface area contributed by atoms with E-state index in [-0.39, 0.29) is 28.8 Å². The average Bonchev–Trinajstić information content (AvgIpc) is 2.88. The van der Waals surface area contributed by atoms with Gasteiger partial charge in [-0.15, -0.1) is 0 Å². The van der Waals surface area contributed by atoms with Crippen LogP contribution >= 0.6 is 11.6 Å². The molecular weight excluding hydrogens is 266 g/mol. The third kappa shape index (κ3) is 3.09. The zero-order chi connectivity index (χ0) is 14.0. The first-order valence-corrected chi connectivity index (χ1v) is 7.04. The largest absolute Gasteiger partial charge is 0.377 e. The molecular formula is C13H20ClN3O2. The van der Waals surface area contributed by atoms with Crippen LogP contribution in [0.5, 0.6) is 0 Å². The Morgan fingerprint density at radius 3 is 2.84 bits per heavy atom. The van der Waals surface area contributed by atoms with E-state index in [2.05, 4.69) is 10.4 Å². The second-order valence-electron chi connectivity index (χ2n) is 5.20. The van der Waals surface area contributed by atoms with Crippen LogP contribution in [0.15, 0.2) is 11.0 Å². The van der Waals surface area contributed by atoms with Crippen LogP contribution < -0.4 is 10.9 Å². The van der Waals surface area contributed by atoms with E-state index >= 15 is 0 Å². The summed E-state index contributed by atoms with van der Waals surface area (Å²) in [6.45, 7) is 6.62. The minimum atomic E-state index is -0.263. The lowest BCUT2D eigenvalue weighted by molar-refractivity contribution is 0.0996. The van der Waals surface area contributed by atoms with Crippen molar-refractivity contribution in [2.24, 2.45) is 0 Å². The van der Waals surface area contributed by atoms with Gasteiger partial charge >= 0.3 is 0 Å². The molecule has 1 saturated heterocycles. The van der Waals surface area contributed by atoms with Crippen LogP contribution in [0, 0.1) is 0 Å². The highest BCUT2D eigenvalue weighted by molar-refractivity contribution is 6.32. The zero-order valence-corrected chi connectivity index (χ0v) is 12.3. The highest BCUT2D eigenvalue weighted by Crippen LogP contribution is 2.22. The van der Waals surface area contributed by atoms with Crippen molar-refractivity contribution in [1.82, 2.24) is 9.78 Å². The molecule has 2 rings (SSSR count). The van der Waals surface area contributed by atoms with E-state index in [0.717, 1.165) is 19.4 Å². The van der Waals surface area contributed by atoms with Crippen molar-refractivity contribution >= 4 is 17.3 Å². The van der Waals surface area contributed by atoms with Gasteiger partial charge in [0.2, 0.25) is 0 Å². The number of nitrogens with zero attached hydrogens (tertiary/aromatic N) is 2. The van der Waals surface area contributed by atoms with Gasteiger partial charge in [0.15, 0.2) is 0 Å². The van der Waals surface area contributed by atoms with Gasteiger partial charge in [-0.05, 0) is 33.6 Å². The third-order valence-corrected chi connectivity index (χ3v) is 3.70. The average molecular weight is 286 g/mol. The van der Waals surface area contributed by atoms with Crippen LogP contribution in [0.4, 0.5) is 5.69 Å². The maximum atomic E-state index is 12.0. The van der Waals surface area contributed by atoms with Gasteiger partial charge in [0.1, 0.15) is 5.02 Å². The van der Waals surface area contributed by atoms with Crippen molar-refractivity contribution in [3.8, 4) is 0 Å². The van der Waals surface area contributed by atoms with E-state index in [1.807, 2.05) is 20.8 Å². The fraction of sp³-hybridized carbons (Fsp3) is 0.692. The van der Waals surface area contributed by atoms with E-state index in [0.29, 0.717) is 5.69 Å². The molecule has 2 heterocycles. The maximum absolute atomic E-state index is 12.0. The molecule has 106 valence electrons. The Kier molecular flexibility index (Phi) is 4.47. The molecule has 5 nitrogen and oxygen atoms in total. The number of aromatic nitrogens is 2. The summed E-state index contributed by atoms with van der Waals surface area (Å²) in [5.74, 6) is 0. The van der Waals surface area contributed by atoms with E-state index < -0.39 is 0 Å². The van der Waals surface area contributed by atoms with Crippen LogP contribution in [-0.4, -0.2) is 28.5 Å². The highest BCUT2D eigenvalue weighted by atomic mass is 35.5. The Hall–Kier alpha value is -1.07. The summed E-state index contributed by atoms with van der Waals surface area (Å²) in [4.78, 5) is 12.0. The first-order chi connectivity index (χ1) is 9.00. The number of nitrogens with one attached hydrogen (secondary N) is 1. The number of anilines is 1. The zero-order valence-electron chi connectivity index (χ0n) is 11.5. The van der Waals surface area contributed by atoms with Crippen molar-refractivity contribution in [2.75, 3.05) is 11.9 Å². The summed E-state index contributed by atoms with van der Waals surface area (Å²) in [6, 6.07) is 0.103. The predicted octanol–water partition coefficient (Wildman–Crippen LogP) is 2.46. The van der Waals surface area contributed by atoms with Crippen LogP contribution in [0.3, 0.4) is 0 Å². The summed E-state index contributed by atoms with van der Waals surface area (Å²) < 4.78 is 6.99. The van der Waals surface area contributed by atoms with Crippen LogP contribution in [0.1, 0.15) is 39.7 Å². The van der Waals surface area contributed by atoms with Crippen molar-refractivity contribution in [3.05, 3.63) is 21.6 Å². The smallest absolute Gasteiger partial charge is 0.287 e. The number of ether oxygens (including phenoxy) is 1. The monoisotopic (exact) mass is 285 g/mol. The van der Waals surface area contributed by atoms with E-state index in [1.165, 1.54) is 4.68 Å². The molecule has 6 heteroatoms. The first-order valence-electron chi connectivity index (χ1n) is 6.66. The molecule has 0 amide bonds. The molecule has 2 atom stereocenters. The fourth-order valence-corrected chi connectivity index (χ4v) is 2.44. The molecule has 1 aromatic rings. The summed E-state index contributed by atoms with van der Waals surface area (Å²) in [7, 11) is 0. The van der Waals surface area contributed by atoms with Gasteiger partial charge in [-0.3, -0.25) is 4.79 Å². The van der Waals surface area contributed by atoms with Gasteiger partial charge in [0.25, 0.3) is 5.56 Å².